The molecule has 5 atom stereocenters. The van der Waals surface area contributed by atoms with E-state index in [9.17, 15) is 34.2 Å². The van der Waals surface area contributed by atoms with E-state index < -0.39 is 66.4 Å². The molecular weight excluding hydrogens is 474 g/mol. The number of nitrogens with two attached hydrogens (primary N) is 1. The van der Waals surface area contributed by atoms with Gasteiger partial charge in [-0.3, -0.25) is 19.2 Å². The van der Waals surface area contributed by atoms with Crippen LogP contribution < -0.4 is 21.7 Å². The molecule has 0 aliphatic carbocycles. The number of carbonyl (C=O) groups excluding carboxylic acids is 3. The number of aromatic nitrogens is 1. The molecule has 5 unspecified atom stereocenters. The van der Waals surface area contributed by atoms with E-state index in [1.165, 1.54) is 13.8 Å². The van der Waals surface area contributed by atoms with E-state index in [0.717, 1.165) is 10.9 Å². The average molecular weight is 506 g/mol. The van der Waals surface area contributed by atoms with Crippen LogP contribution in [0.2, 0.25) is 0 Å². The highest BCUT2D eigenvalue weighted by atomic mass is 16.4. The molecule has 0 bridgehead atoms. The first-order valence-electron chi connectivity index (χ1n) is 11.2. The first-order valence-corrected chi connectivity index (χ1v) is 11.2. The summed E-state index contributed by atoms with van der Waals surface area (Å²) in [5.74, 6) is -5.14. The largest absolute Gasteiger partial charge is 0.481 e. The van der Waals surface area contributed by atoms with Gasteiger partial charge in [-0.2, -0.15) is 0 Å². The van der Waals surface area contributed by atoms with Gasteiger partial charge >= 0.3 is 11.9 Å². The summed E-state index contributed by atoms with van der Waals surface area (Å²) in [5, 5.41) is 36.1. The van der Waals surface area contributed by atoms with Gasteiger partial charge in [-0.1, -0.05) is 18.2 Å². The Morgan fingerprint density at radius 3 is 2.17 bits per heavy atom. The van der Waals surface area contributed by atoms with Gasteiger partial charge in [0.2, 0.25) is 17.7 Å². The lowest BCUT2D eigenvalue weighted by molar-refractivity contribution is -0.143. The van der Waals surface area contributed by atoms with Crippen LogP contribution in [0.15, 0.2) is 30.5 Å². The molecule has 13 heteroatoms. The molecule has 0 fully saturated rings. The zero-order valence-corrected chi connectivity index (χ0v) is 19.9. The second-order valence-corrected chi connectivity index (χ2v) is 8.47. The van der Waals surface area contributed by atoms with Gasteiger partial charge in [0.15, 0.2) is 0 Å². The third-order valence-electron chi connectivity index (χ3n) is 5.47. The van der Waals surface area contributed by atoms with Gasteiger partial charge in [-0.15, -0.1) is 0 Å². The number of H-pyrrole nitrogens is 1. The van der Waals surface area contributed by atoms with E-state index in [1.54, 1.807) is 18.3 Å². The van der Waals surface area contributed by atoms with Crippen molar-refractivity contribution in [3.05, 3.63) is 36.0 Å². The summed E-state index contributed by atoms with van der Waals surface area (Å²) in [6.45, 7) is 2.66. The molecule has 1 aromatic carbocycles. The van der Waals surface area contributed by atoms with E-state index in [1.807, 2.05) is 12.1 Å². The van der Waals surface area contributed by atoms with Crippen molar-refractivity contribution < 1.29 is 39.3 Å². The van der Waals surface area contributed by atoms with E-state index in [2.05, 4.69) is 20.9 Å². The summed E-state index contributed by atoms with van der Waals surface area (Å²) < 4.78 is 0. The monoisotopic (exact) mass is 505 g/mol. The summed E-state index contributed by atoms with van der Waals surface area (Å²) in [5.41, 5.74) is 6.93. The number of aromatic amines is 1. The molecule has 1 aromatic heterocycles. The van der Waals surface area contributed by atoms with Gasteiger partial charge in [0, 0.05) is 29.9 Å². The van der Waals surface area contributed by atoms with E-state index in [0.29, 0.717) is 5.56 Å². The SMILES string of the molecule is CC(N)C(=O)NC(C(=O)NC(Cc1c[nH]c2ccccc12)C(=O)NC(CCC(=O)O)C(=O)O)C(C)O. The Hall–Kier alpha value is -3.97. The second kappa shape index (κ2) is 12.7. The molecule has 36 heavy (non-hydrogen) atoms. The third kappa shape index (κ3) is 7.78. The summed E-state index contributed by atoms with van der Waals surface area (Å²) in [6, 6.07) is 1.96. The first-order chi connectivity index (χ1) is 16.9. The van der Waals surface area contributed by atoms with Crippen LogP contribution in [0, 0.1) is 0 Å². The van der Waals surface area contributed by atoms with Crippen LogP contribution in [0.5, 0.6) is 0 Å². The molecule has 3 amide bonds. The van der Waals surface area contributed by atoms with Crippen LogP contribution in [0.4, 0.5) is 0 Å². The molecule has 0 radical (unpaired) electrons. The minimum atomic E-state index is -1.51. The number of aliphatic carboxylic acids is 2. The maximum atomic E-state index is 13.1. The lowest BCUT2D eigenvalue weighted by atomic mass is 10.0. The third-order valence-corrected chi connectivity index (χ3v) is 5.47. The van der Waals surface area contributed by atoms with Gasteiger partial charge in [0.05, 0.1) is 12.1 Å². The Labute approximate surface area is 206 Å². The fraction of sp³-hybridized carbons (Fsp3) is 0.435. The Bertz CT molecular complexity index is 1110. The van der Waals surface area contributed by atoms with Crippen molar-refractivity contribution >= 4 is 40.6 Å². The maximum Gasteiger partial charge on any atom is 0.326 e. The number of carbonyl (C=O) groups is 5. The molecule has 1 heterocycles. The van der Waals surface area contributed by atoms with Gasteiger partial charge in [-0.05, 0) is 31.9 Å². The zero-order valence-electron chi connectivity index (χ0n) is 19.9. The van der Waals surface area contributed by atoms with Crippen LogP contribution in [0.1, 0.15) is 32.3 Å². The minimum absolute atomic E-state index is 0.0688. The van der Waals surface area contributed by atoms with Gasteiger partial charge < -0.3 is 42.0 Å². The van der Waals surface area contributed by atoms with Gasteiger partial charge in [0.1, 0.15) is 18.1 Å². The van der Waals surface area contributed by atoms with Crippen molar-refractivity contribution in [2.45, 2.75) is 63.4 Å². The molecule has 0 aliphatic heterocycles. The zero-order chi connectivity index (χ0) is 27.0. The Morgan fingerprint density at radius 1 is 0.944 bits per heavy atom. The molecule has 0 spiro atoms. The average Bonchev–Trinajstić information content (AvgIpc) is 3.21. The van der Waals surface area contributed by atoms with Gasteiger partial charge in [0.25, 0.3) is 0 Å². The van der Waals surface area contributed by atoms with Crippen LogP contribution in [-0.2, 0) is 30.4 Å². The summed E-state index contributed by atoms with van der Waals surface area (Å²) in [4.78, 5) is 63.6. The number of benzene rings is 1. The molecular formula is C23H31N5O8. The molecule has 196 valence electrons. The highest BCUT2D eigenvalue weighted by molar-refractivity contribution is 5.95. The molecule has 2 rings (SSSR count). The Balaban J connectivity index is 2.31. The summed E-state index contributed by atoms with van der Waals surface area (Å²) >= 11 is 0. The molecule has 9 N–H and O–H groups in total. The molecule has 13 nitrogen and oxygen atoms in total. The van der Waals surface area contributed by atoms with E-state index >= 15 is 0 Å². The minimum Gasteiger partial charge on any atom is -0.481 e. The lowest BCUT2D eigenvalue weighted by Crippen LogP contribution is -2.60. The highest BCUT2D eigenvalue weighted by Crippen LogP contribution is 2.19. The quantitative estimate of drug-likeness (QED) is 0.164. The number of nitrogens with one attached hydrogen (secondary N) is 4. The predicted octanol–water partition coefficient (Wildman–Crippen LogP) is -1.16. The number of aliphatic hydroxyl groups excluding tert-OH is 1. The fourth-order valence-electron chi connectivity index (χ4n) is 3.48. The summed E-state index contributed by atoms with van der Waals surface area (Å²) in [6.07, 6.45) is -0.637. The van der Waals surface area contributed by atoms with Crippen molar-refractivity contribution in [2.75, 3.05) is 0 Å². The van der Waals surface area contributed by atoms with E-state index in [-0.39, 0.29) is 12.8 Å². The summed E-state index contributed by atoms with van der Waals surface area (Å²) in [7, 11) is 0. The number of para-hydroxylation sites is 1. The molecule has 0 aliphatic rings. The number of rotatable bonds is 13. The fourth-order valence-corrected chi connectivity index (χ4v) is 3.48. The van der Waals surface area contributed by atoms with Crippen molar-refractivity contribution in [3.63, 3.8) is 0 Å². The predicted molar refractivity (Wildman–Crippen MR) is 128 cm³/mol. The number of amides is 3. The van der Waals surface area contributed by atoms with Crippen LogP contribution >= 0.6 is 0 Å². The number of hydrogen-bond acceptors (Lipinski definition) is 7. The van der Waals surface area contributed by atoms with Crippen molar-refractivity contribution in [3.8, 4) is 0 Å². The molecule has 0 saturated heterocycles. The normalized spacial score (nSPS) is 15.2. The van der Waals surface area contributed by atoms with Crippen molar-refractivity contribution in [1.82, 2.24) is 20.9 Å². The molecule has 0 saturated carbocycles. The van der Waals surface area contributed by atoms with Crippen LogP contribution in [0.3, 0.4) is 0 Å². The number of carboxylic acid groups (broad SMARTS) is 2. The first kappa shape index (κ1) is 28.3. The van der Waals surface area contributed by atoms with Crippen LogP contribution in [-0.4, -0.2) is 80.2 Å². The topological polar surface area (TPSA) is 224 Å². The van der Waals surface area contributed by atoms with Crippen molar-refractivity contribution in [1.29, 1.82) is 0 Å². The lowest BCUT2D eigenvalue weighted by Gasteiger charge is -2.26. The maximum absolute atomic E-state index is 13.1. The number of hydrogen-bond donors (Lipinski definition) is 8. The smallest absolute Gasteiger partial charge is 0.326 e. The Kier molecular flexibility index (Phi) is 9.93. The molecule has 2 aromatic rings. The highest BCUT2D eigenvalue weighted by Gasteiger charge is 2.32. The second-order valence-electron chi connectivity index (χ2n) is 8.47. The standard InChI is InChI=1S/C23H31N5O8/c1-11(24)20(32)28-19(12(2)29)22(34)27-17(9-13-10-25-15-6-4-3-5-14(13)15)21(33)26-16(23(35)36)7-8-18(30)31/h3-6,10-12,16-17,19,25,29H,7-9,24H2,1-2H3,(H,26,33)(H,27,34)(H,28,32)(H,30,31)(H,35,36). The number of fused-ring (bicyclic) bond motifs is 1. The number of carboxylic acids is 2. The van der Waals surface area contributed by atoms with Crippen LogP contribution in [0.25, 0.3) is 10.9 Å². The van der Waals surface area contributed by atoms with Crippen molar-refractivity contribution in [2.24, 2.45) is 5.73 Å². The Morgan fingerprint density at radius 2 is 1.58 bits per heavy atom. The van der Waals surface area contributed by atoms with Gasteiger partial charge in [-0.25, -0.2) is 4.79 Å². The van der Waals surface area contributed by atoms with E-state index in [4.69, 9.17) is 10.8 Å². The number of aliphatic hydroxyl groups is 1.